The molecule has 0 bridgehead atoms. The van der Waals surface area contributed by atoms with Gasteiger partial charge < -0.3 is 8.98 Å². The maximum Gasteiger partial charge on any atom is 0.226 e. The topological polar surface area (TPSA) is 69.6 Å². The lowest BCUT2D eigenvalue weighted by molar-refractivity contribution is 0.469. The summed E-state index contributed by atoms with van der Waals surface area (Å²) in [5.74, 6) is 2.81. The molecule has 0 aliphatic carbocycles. The smallest absolute Gasteiger partial charge is 0.226 e. The van der Waals surface area contributed by atoms with E-state index in [0.717, 1.165) is 28.8 Å². The molecule has 110 valence electrons. The van der Waals surface area contributed by atoms with E-state index in [9.17, 15) is 0 Å². The van der Waals surface area contributed by atoms with Crippen LogP contribution in [0.1, 0.15) is 25.6 Å². The molecule has 0 N–H and O–H groups in total. The molecule has 3 aromatic heterocycles. The van der Waals surface area contributed by atoms with Gasteiger partial charge in [-0.2, -0.15) is 0 Å². The zero-order valence-electron chi connectivity index (χ0n) is 11.8. The Morgan fingerprint density at radius 3 is 2.71 bits per heavy atom. The summed E-state index contributed by atoms with van der Waals surface area (Å²) >= 11 is 3.23. The van der Waals surface area contributed by atoms with Crippen molar-refractivity contribution < 1.29 is 4.42 Å². The number of rotatable bonds is 6. The van der Waals surface area contributed by atoms with Crippen molar-refractivity contribution >= 4 is 23.1 Å². The molecule has 8 heteroatoms. The minimum atomic E-state index is 0.607. The van der Waals surface area contributed by atoms with Crippen LogP contribution in [-0.2, 0) is 18.7 Å². The van der Waals surface area contributed by atoms with Crippen molar-refractivity contribution in [3.63, 3.8) is 0 Å². The van der Waals surface area contributed by atoms with Crippen molar-refractivity contribution in [2.24, 2.45) is 0 Å². The van der Waals surface area contributed by atoms with Crippen LogP contribution in [-0.4, -0.2) is 25.0 Å². The van der Waals surface area contributed by atoms with Gasteiger partial charge in [0.2, 0.25) is 11.8 Å². The molecule has 3 heterocycles. The predicted octanol–water partition coefficient (Wildman–Crippen LogP) is 3.26. The third-order valence-corrected chi connectivity index (χ3v) is 4.73. The predicted molar refractivity (Wildman–Crippen MR) is 82.2 cm³/mol. The highest BCUT2D eigenvalue weighted by Gasteiger charge is 2.15. The molecule has 0 spiro atoms. The standard InChI is InChI=1S/C13H15N5OS2/c1-3-10-14-15-11(19-10)8-21-13-17-16-12(18(13)4-2)9-6-5-7-20-9/h5-7H,3-4,8H2,1-2H3. The van der Waals surface area contributed by atoms with Gasteiger partial charge in [-0.05, 0) is 18.4 Å². The summed E-state index contributed by atoms with van der Waals surface area (Å²) in [5.41, 5.74) is 0. The third kappa shape index (κ3) is 3.01. The molecule has 0 aliphatic rings. The van der Waals surface area contributed by atoms with Crippen molar-refractivity contribution in [1.29, 1.82) is 0 Å². The molecule has 3 rings (SSSR count). The van der Waals surface area contributed by atoms with E-state index in [1.54, 1.807) is 23.1 Å². The Morgan fingerprint density at radius 2 is 2.05 bits per heavy atom. The van der Waals surface area contributed by atoms with E-state index >= 15 is 0 Å². The van der Waals surface area contributed by atoms with Crippen molar-refractivity contribution in [2.45, 2.75) is 37.7 Å². The van der Waals surface area contributed by atoms with Gasteiger partial charge in [0.25, 0.3) is 0 Å². The largest absolute Gasteiger partial charge is 0.424 e. The minimum absolute atomic E-state index is 0.607. The maximum absolute atomic E-state index is 5.51. The number of aromatic nitrogens is 5. The van der Waals surface area contributed by atoms with E-state index in [-0.39, 0.29) is 0 Å². The second-order valence-corrected chi connectivity index (χ2v) is 6.15. The summed E-state index contributed by atoms with van der Waals surface area (Å²) in [5, 5.41) is 19.5. The monoisotopic (exact) mass is 321 g/mol. The Bertz CT molecular complexity index is 704. The van der Waals surface area contributed by atoms with Gasteiger partial charge in [-0.3, -0.25) is 0 Å². The Balaban J connectivity index is 1.76. The SMILES string of the molecule is CCc1nnc(CSc2nnc(-c3cccs3)n2CC)o1. The minimum Gasteiger partial charge on any atom is -0.424 e. The second-order valence-electron chi connectivity index (χ2n) is 4.26. The van der Waals surface area contributed by atoms with E-state index in [1.165, 1.54) is 0 Å². The Hall–Kier alpha value is -1.67. The lowest BCUT2D eigenvalue weighted by Gasteiger charge is -2.04. The Labute approximate surface area is 130 Å². The first-order valence-electron chi connectivity index (χ1n) is 6.73. The average molecular weight is 321 g/mol. The highest BCUT2D eigenvalue weighted by Crippen LogP contribution is 2.28. The zero-order chi connectivity index (χ0) is 14.7. The Morgan fingerprint density at radius 1 is 1.19 bits per heavy atom. The number of thiophene rings is 1. The second kappa shape index (κ2) is 6.40. The number of hydrogen-bond donors (Lipinski definition) is 0. The summed E-state index contributed by atoms with van der Waals surface area (Å²) in [6.45, 7) is 4.91. The molecule has 0 radical (unpaired) electrons. The Kier molecular flexibility index (Phi) is 4.35. The highest BCUT2D eigenvalue weighted by molar-refractivity contribution is 7.98. The number of nitrogens with zero attached hydrogens (tertiary/aromatic N) is 5. The first-order chi connectivity index (χ1) is 10.3. The number of aryl methyl sites for hydroxylation is 1. The normalized spacial score (nSPS) is 11.1. The van der Waals surface area contributed by atoms with Crippen LogP contribution in [0.5, 0.6) is 0 Å². The fourth-order valence-electron chi connectivity index (χ4n) is 1.88. The summed E-state index contributed by atoms with van der Waals surface area (Å²) in [7, 11) is 0. The van der Waals surface area contributed by atoms with Crippen molar-refractivity contribution in [2.75, 3.05) is 0 Å². The van der Waals surface area contributed by atoms with Crippen LogP contribution in [0.4, 0.5) is 0 Å². The van der Waals surface area contributed by atoms with Crippen molar-refractivity contribution in [1.82, 2.24) is 25.0 Å². The molecule has 0 saturated heterocycles. The molecule has 0 saturated carbocycles. The molecule has 0 amide bonds. The number of thioether (sulfide) groups is 1. The van der Waals surface area contributed by atoms with Crippen LogP contribution < -0.4 is 0 Å². The van der Waals surface area contributed by atoms with Gasteiger partial charge >= 0.3 is 0 Å². The highest BCUT2D eigenvalue weighted by atomic mass is 32.2. The van der Waals surface area contributed by atoms with E-state index in [0.29, 0.717) is 17.5 Å². The molecular formula is C13H15N5OS2. The molecule has 0 fully saturated rings. The van der Waals surface area contributed by atoms with Crippen LogP contribution in [0.2, 0.25) is 0 Å². The molecule has 0 aromatic carbocycles. The zero-order valence-corrected chi connectivity index (χ0v) is 13.4. The van der Waals surface area contributed by atoms with Gasteiger partial charge in [0.05, 0.1) is 10.6 Å². The van der Waals surface area contributed by atoms with Crippen LogP contribution in [0.25, 0.3) is 10.7 Å². The third-order valence-electron chi connectivity index (χ3n) is 2.91. The molecular weight excluding hydrogens is 306 g/mol. The fraction of sp³-hybridized carbons (Fsp3) is 0.385. The summed E-state index contributed by atoms with van der Waals surface area (Å²) < 4.78 is 7.61. The first kappa shape index (κ1) is 14.3. The average Bonchev–Trinajstić information content (AvgIpc) is 3.23. The molecule has 0 unspecified atom stereocenters. The van der Waals surface area contributed by atoms with Gasteiger partial charge in [-0.1, -0.05) is 24.8 Å². The van der Waals surface area contributed by atoms with E-state index < -0.39 is 0 Å². The van der Waals surface area contributed by atoms with Gasteiger partial charge in [0, 0.05) is 13.0 Å². The van der Waals surface area contributed by atoms with Gasteiger partial charge in [-0.15, -0.1) is 31.7 Å². The van der Waals surface area contributed by atoms with Gasteiger partial charge in [-0.25, -0.2) is 0 Å². The van der Waals surface area contributed by atoms with Crippen molar-refractivity contribution in [3.8, 4) is 10.7 Å². The van der Waals surface area contributed by atoms with Gasteiger partial charge in [0.1, 0.15) is 0 Å². The van der Waals surface area contributed by atoms with Crippen LogP contribution in [0.15, 0.2) is 27.1 Å². The summed E-state index contributed by atoms with van der Waals surface area (Å²) in [6, 6.07) is 4.08. The molecule has 21 heavy (non-hydrogen) atoms. The van der Waals surface area contributed by atoms with Crippen LogP contribution in [0.3, 0.4) is 0 Å². The van der Waals surface area contributed by atoms with E-state index in [4.69, 9.17) is 4.42 Å². The number of hydrogen-bond acceptors (Lipinski definition) is 7. The molecule has 0 aliphatic heterocycles. The maximum atomic E-state index is 5.51. The summed E-state index contributed by atoms with van der Waals surface area (Å²) in [4.78, 5) is 1.13. The lowest BCUT2D eigenvalue weighted by Crippen LogP contribution is -1.99. The van der Waals surface area contributed by atoms with E-state index in [1.807, 2.05) is 18.4 Å². The first-order valence-corrected chi connectivity index (χ1v) is 8.59. The van der Waals surface area contributed by atoms with Crippen LogP contribution >= 0.6 is 23.1 Å². The molecule has 3 aromatic rings. The lowest BCUT2D eigenvalue weighted by atomic mass is 10.4. The molecule has 0 atom stereocenters. The fourth-order valence-corrected chi connectivity index (χ4v) is 3.44. The quantitative estimate of drug-likeness (QED) is 0.649. The van der Waals surface area contributed by atoms with Crippen molar-refractivity contribution in [3.05, 3.63) is 29.3 Å². The van der Waals surface area contributed by atoms with E-state index in [2.05, 4.69) is 38.0 Å². The van der Waals surface area contributed by atoms with Gasteiger partial charge in [0.15, 0.2) is 11.0 Å². The summed E-state index contributed by atoms with van der Waals surface area (Å²) in [6.07, 6.45) is 0.755. The molecule has 6 nitrogen and oxygen atoms in total. The van der Waals surface area contributed by atoms with Crippen LogP contribution in [0, 0.1) is 0 Å².